The van der Waals surface area contributed by atoms with Crippen molar-refractivity contribution in [3.05, 3.63) is 23.6 Å². The number of likely N-dealkylation sites (N-methyl/N-ethyl adjacent to an activating group) is 1. The Morgan fingerprint density at radius 2 is 2.14 bits per heavy atom. The molecule has 118 valence electrons. The number of anilines is 1. The van der Waals surface area contributed by atoms with Gasteiger partial charge in [-0.05, 0) is 26.1 Å². The van der Waals surface area contributed by atoms with E-state index in [1.54, 1.807) is 6.07 Å². The monoisotopic (exact) mass is 294 g/mol. The summed E-state index contributed by atoms with van der Waals surface area (Å²) in [4.78, 5) is 8.91. The highest BCUT2D eigenvalue weighted by atomic mass is 19.1. The van der Waals surface area contributed by atoms with Crippen LogP contribution in [0.2, 0.25) is 0 Å². The van der Waals surface area contributed by atoms with Crippen molar-refractivity contribution in [2.45, 2.75) is 39.4 Å². The molecule has 0 spiro atoms. The van der Waals surface area contributed by atoms with Crippen molar-refractivity contribution >= 4 is 5.82 Å². The van der Waals surface area contributed by atoms with Crippen LogP contribution in [0.4, 0.5) is 10.2 Å². The first kappa shape index (κ1) is 16.2. The Morgan fingerprint density at radius 3 is 2.71 bits per heavy atom. The molecule has 21 heavy (non-hydrogen) atoms. The first-order chi connectivity index (χ1) is 9.88. The molecule has 1 saturated heterocycles. The first-order valence-corrected chi connectivity index (χ1v) is 7.67. The van der Waals surface area contributed by atoms with Gasteiger partial charge in [0.25, 0.3) is 0 Å². The van der Waals surface area contributed by atoms with Gasteiger partial charge in [-0.2, -0.15) is 0 Å². The fraction of sp³-hybridized carbons (Fsp3) is 0.688. The third-order valence-corrected chi connectivity index (χ3v) is 4.15. The van der Waals surface area contributed by atoms with Gasteiger partial charge in [0, 0.05) is 37.3 Å². The molecule has 2 atom stereocenters. The Bertz CT molecular complexity index is 475. The highest BCUT2D eigenvalue weighted by molar-refractivity contribution is 5.48. The third-order valence-electron chi connectivity index (χ3n) is 4.15. The molecule has 0 aromatic carbocycles. The number of aromatic nitrogens is 1. The van der Waals surface area contributed by atoms with Gasteiger partial charge in [0.05, 0.1) is 6.20 Å². The Balaban J connectivity index is 2.19. The second-order valence-corrected chi connectivity index (χ2v) is 6.59. The van der Waals surface area contributed by atoms with E-state index in [4.69, 9.17) is 0 Å². The largest absolute Gasteiger partial charge is 0.354 e. The zero-order chi connectivity index (χ0) is 15.6. The topological polar surface area (TPSA) is 31.4 Å². The van der Waals surface area contributed by atoms with E-state index in [0.717, 1.165) is 24.5 Å². The lowest BCUT2D eigenvalue weighted by atomic mass is 10.1. The lowest BCUT2D eigenvalue weighted by Gasteiger charge is -2.24. The van der Waals surface area contributed by atoms with Crippen molar-refractivity contribution in [1.29, 1.82) is 0 Å². The van der Waals surface area contributed by atoms with E-state index < -0.39 is 0 Å². The summed E-state index contributed by atoms with van der Waals surface area (Å²) in [5.41, 5.74) is 0.940. The molecule has 1 fully saturated rings. The summed E-state index contributed by atoms with van der Waals surface area (Å²) in [6.45, 7) is 9.01. The standard InChI is InChI=1S/C16H27FN4/c1-11(2)18-7-13-6-14(17)8-19-16(13)21-9-12(3)15(10-21)20(4)5/h6,8,11-12,15,18H,7,9-10H2,1-5H3. The van der Waals surface area contributed by atoms with Crippen LogP contribution in [-0.4, -0.2) is 49.2 Å². The maximum absolute atomic E-state index is 13.5. The summed E-state index contributed by atoms with van der Waals surface area (Å²) in [6.07, 6.45) is 1.32. The number of nitrogens with one attached hydrogen (secondary N) is 1. The van der Waals surface area contributed by atoms with Crippen LogP contribution in [0.1, 0.15) is 26.3 Å². The van der Waals surface area contributed by atoms with E-state index in [1.807, 2.05) is 0 Å². The molecule has 5 heteroatoms. The van der Waals surface area contributed by atoms with E-state index in [9.17, 15) is 4.39 Å². The fourth-order valence-electron chi connectivity index (χ4n) is 3.00. The van der Waals surface area contributed by atoms with E-state index in [0.29, 0.717) is 24.5 Å². The van der Waals surface area contributed by atoms with Gasteiger partial charge >= 0.3 is 0 Å². The normalized spacial score (nSPS) is 22.6. The summed E-state index contributed by atoms with van der Waals surface area (Å²) in [6, 6.07) is 2.49. The summed E-state index contributed by atoms with van der Waals surface area (Å²) in [7, 11) is 4.23. The van der Waals surface area contributed by atoms with Crippen LogP contribution in [0.5, 0.6) is 0 Å². The minimum absolute atomic E-state index is 0.268. The molecule has 1 N–H and O–H groups in total. The van der Waals surface area contributed by atoms with Crippen LogP contribution in [0, 0.1) is 11.7 Å². The van der Waals surface area contributed by atoms with E-state index in [2.05, 4.69) is 55.0 Å². The summed E-state index contributed by atoms with van der Waals surface area (Å²) in [5.74, 6) is 1.23. The minimum atomic E-state index is -0.268. The zero-order valence-electron chi connectivity index (χ0n) is 13.7. The minimum Gasteiger partial charge on any atom is -0.354 e. The van der Waals surface area contributed by atoms with Crippen molar-refractivity contribution in [3.63, 3.8) is 0 Å². The van der Waals surface area contributed by atoms with Gasteiger partial charge < -0.3 is 15.1 Å². The number of nitrogens with zero attached hydrogens (tertiary/aromatic N) is 3. The maximum atomic E-state index is 13.5. The quantitative estimate of drug-likeness (QED) is 0.901. The number of hydrogen-bond donors (Lipinski definition) is 1. The SMILES string of the molecule is CC(C)NCc1cc(F)cnc1N1CC(C)C(N(C)C)C1. The molecule has 1 aliphatic heterocycles. The van der Waals surface area contributed by atoms with Gasteiger partial charge in [-0.15, -0.1) is 0 Å². The van der Waals surface area contributed by atoms with Crippen molar-refractivity contribution in [2.75, 3.05) is 32.1 Å². The Kier molecular flexibility index (Phi) is 5.17. The molecular formula is C16H27FN4. The zero-order valence-corrected chi connectivity index (χ0v) is 13.7. The van der Waals surface area contributed by atoms with Gasteiger partial charge in [-0.3, -0.25) is 0 Å². The molecular weight excluding hydrogens is 267 g/mol. The number of halogens is 1. The second kappa shape index (κ2) is 6.71. The molecule has 2 rings (SSSR count). The lowest BCUT2D eigenvalue weighted by molar-refractivity contribution is 0.266. The van der Waals surface area contributed by atoms with E-state index >= 15 is 0 Å². The number of hydrogen-bond acceptors (Lipinski definition) is 4. The maximum Gasteiger partial charge on any atom is 0.141 e. The van der Waals surface area contributed by atoms with Crippen molar-refractivity contribution in [1.82, 2.24) is 15.2 Å². The van der Waals surface area contributed by atoms with Crippen LogP contribution in [-0.2, 0) is 6.54 Å². The highest BCUT2D eigenvalue weighted by Crippen LogP contribution is 2.27. The van der Waals surface area contributed by atoms with Crippen molar-refractivity contribution < 1.29 is 4.39 Å². The average Bonchev–Trinajstić information content (AvgIpc) is 2.78. The van der Waals surface area contributed by atoms with Gasteiger partial charge in [0.1, 0.15) is 11.6 Å². The first-order valence-electron chi connectivity index (χ1n) is 7.67. The highest BCUT2D eigenvalue weighted by Gasteiger charge is 2.32. The molecule has 0 saturated carbocycles. The van der Waals surface area contributed by atoms with Crippen LogP contribution in [0.25, 0.3) is 0 Å². The van der Waals surface area contributed by atoms with Crippen LogP contribution in [0.3, 0.4) is 0 Å². The molecule has 0 amide bonds. The number of rotatable bonds is 5. The summed E-state index contributed by atoms with van der Waals surface area (Å²) < 4.78 is 13.5. The fourth-order valence-corrected chi connectivity index (χ4v) is 3.00. The predicted molar refractivity (Wildman–Crippen MR) is 85.0 cm³/mol. The predicted octanol–water partition coefficient (Wildman–Crippen LogP) is 2.10. The molecule has 1 aromatic heterocycles. The average molecular weight is 294 g/mol. The summed E-state index contributed by atoms with van der Waals surface area (Å²) >= 11 is 0. The van der Waals surface area contributed by atoms with Crippen LogP contribution >= 0.6 is 0 Å². The molecule has 1 aliphatic rings. The van der Waals surface area contributed by atoms with Gasteiger partial charge in [-0.1, -0.05) is 20.8 Å². The third kappa shape index (κ3) is 3.92. The Hall–Kier alpha value is -1.20. The van der Waals surface area contributed by atoms with Gasteiger partial charge in [0.2, 0.25) is 0 Å². The van der Waals surface area contributed by atoms with Gasteiger partial charge in [-0.25, -0.2) is 9.37 Å². The molecule has 0 aliphatic carbocycles. The number of pyridine rings is 1. The molecule has 0 bridgehead atoms. The van der Waals surface area contributed by atoms with Crippen molar-refractivity contribution in [2.24, 2.45) is 5.92 Å². The lowest BCUT2D eigenvalue weighted by Crippen LogP contribution is -2.34. The molecule has 4 nitrogen and oxygen atoms in total. The Morgan fingerprint density at radius 1 is 1.43 bits per heavy atom. The van der Waals surface area contributed by atoms with Crippen LogP contribution < -0.4 is 10.2 Å². The molecule has 1 aromatic rings. The molecule has 0 radical (unpaired) electrons. The molecule has 2 unspecified atom stereocenters. The van der Waals surface area contributed by atoms with E-state index in [1.165, 1.54) is 6.20 Å². The van der Waals surface area contributed by atoms with Crippen LogP contribution in [0.15, 0.2) is 12.3 Å². The van der Waals surface area contributed by atoms with E-state index in [-0.39, 0.29) is 5.82 Å². The van der Waals surface area contributed by atoms with Crippen molar-refractivity contribution in [3.8, 4) is 0 Å². The molecule has 2 heterocycles. The second-order valence-electron chi connectivity index (χ2n) is 6.59. The smallest absolute Gasteiger partial charge is 0.141 e. The Labute approximate surface area is 127 Å². The van der Waals surface area contributed by atoms with Gasteiger partial charge in [0.15, 0.2) is 0 Å². The summed E-state index contributed by atoms with van der Waals surface area (Å²) in [5, 5.41) is 3.35.